The molecule has 0 spiro atoms. The van der Waals surface area contributed by atoms with E-state index < -0.39 is 12.1 Å². The molecule has 10 nitrogen and oxygen atoms in total. The Morgan fingerprint density at radius 2 is 1.91 bits per heavy atom. The number of nitrogens with zero attached hydrogens (tertiary/aromatic N) is 5. The molecule has 3 atom stereocenters. The minimum Gasteiger partial charge on any atom is -0.391 e. The van der Waals surface area contributed by atoms with Crippen molar-refractivity contribution >= 4 is 17.5 Å². The topological polar surface area (TPSA) is 134 Å². The predicted octanol–water partition coefficient (Wildman–Crippen LogP) is 5.08. The number of aliphatic hydroxyl groups excluding tert-OH is 1. The second-order valence-corrected chi connectivity index (χ2v) is 12.8. The molecule has 1 fully saturated rings. The molecule has 0 aromatic carbocycles. The number of aromatic nitrogens is 5. The Morgan fingerprint density at radius 3 is 2.59 bits per heavy atom. The quantitative estimate of drug-likeness (QED) is 0.194. The SMILES string of the molecule is CCCCNC(=O)[C@@H](CC(O)C(CC1CCCCC1)NC(=O)Cc1nnc2c(CCC)nc(-c3cccnc3)cn12)C(C)C. The molecular formula is C34H51N7O3. The highest BCUT2D eigenvalue weighted by molar-refractivity contribution is 5.79. The van der Waals surface area contributed by atoms with Crippen LogP contribution in [-0.4, -0.2) is 60.2 Å². The second kappa shape index (κ2) is 16.6. The summed E-state index contributed by atoms with van der Waals surface area (Å²) in [4.78, 5) is 35.7. The first-order valence-corrected chi connectivity index (χ1v) is 16.7. The fraction of sp³-hybridized carbons (Fsp3) is 0.647. The van der Waals surface area contributed by atoms with E-state index in [1.807, 2.05) is 36.6 Å². The fourth-order valence-corrected chi connectivity index (χ4v) is 6.30. The lowest BCUT2D eigenvalue weighted by molar-refractivity contribution is -0.127. The number of hydrogen-bond acceptors (Lipinski definition) is 7. The molecule has 3 aromatic rings. The number of aryl methyl sites for hydroxylation is 1. The molecule has 4 rings (SSSR count). The van der Waals surface area contributed by atoms with Crippen LogP contribution in [0.3, 0.4) is 0 Å². The molecule has 1 aliphatic carbocycles. The number of nitrogens with one attached hydrogen (secondary N) is 2. The molecule has 1 saturated carbocycles. The zero-order chi connectivity index (χ0) is 31.5. The van der Waals surface area contributed by atoms with Crippen molar-refractivity contribution < 1.29 is 14.7 Å². The van der Waals surface area contributed by atoms with E-state index in [9.17, 15) is 14.7 Å². The van der Waals surface area contributed by atoms with E-state index in [0.717, 1.165) is 55.5 Å². The summed E-state index contributed by atoms with van der Waals surface area (Å²) in [6.45, 7) is 8.86. The van der Waals surface area contributed by atoms with Gasteiger partial charge in [0.25, 0.3) is 0 Å². The molecule has 3 heterocycles. The van der Waals surface area contributed by atoms with Gasteiger partial charge in [0.1, 0.15) is 5.82 Å². The Bertz CT molecular complexity index is 1340. The number of aliphatic hydroxyl groups is 1. The molecule has 3 aromatic heterocycles. The Kier molecular flexibility index (Phi) is 12.6. The molecule has 0 bridgehead atoms. The van der Waals surface area contributed by atoms with Crippen LogP contribution in [0.1, 0.15) is 103 Å². The lowest BCUT2D eigenvalue weighted by atomic mass is 9.81. The van der Waals surface area contributed by atoms with Crippen molar-refractivity contribution in [1.29, 1.82) is 0 Å². The fourth-order valence-electron chi connectivity index (χ4n) is 6.30. The number of hydrogen-bond donors (Lipinski definition) is 3. The first-order chi connectivity index (χ1) is 21.3. The van der Waals surface area contributed by atoms with Gasteiger partial charge in [-0.1, -0.05) is 72.6 Å². The summed E-state index contributed by atoms with van der Waals surface area (Å²) >= 11 is 0. The van der Waals surface area contributed by atoms with Crippen LogP contribution in [0.2, 0.25) is 0 Å². The largest absolute Gasteiger partial charge is 0.391 e. The Balaban J connectivity index is 1.53. The molecule has 0 aliphatic heterocycles. The van der Waals surface area contributed by atoms with E-state index in [0.29, 0.717) is 36.8 Å². The van der Waals surface area contributed by atoms with Gasteiger partial charge in [0, 0.05) is 36.6 Å². The van der Waals surface area contributed by atoms with E-state index in [-0.39, 0.29) is 30.1 Å². The van der Waals surface area contributed by atoms with Gasteiger partial charge in [0.05, 0.1) is 30.0 Å². The highest BCUT2D eigenvalue weighted by atomic mass is 16.3. The molecular weight excluding hydrogens is 554 g/mol. The lowest BCUT2D eigenvalue weighted by Gasteiger charge is -2.32. The number of amides is 2. The maximum Gasteiger partial charge on any atom is 0.227 e. The van der Waals surface area contributed by atoms with Gasteiger partial charge in [0.2, 0.25) is 11.8 Å². The molecule has 10 heteroatoms. The number of unbranched alkanes of at least 4 members (excludes halogenated alkanes) is 1. The third kappa shape index (κ3) is 9.06. The standard InChI is InChI=1S/C34H51N7O3/c1-5-7-17-36-34(44)26(23(3)4)19-30(42)28(18-24-13-9-8-10-14-24)38-32(43)20-31-39-40-33-27(12-6-2)37-29(22-41(31)33)25-15-11-16-35-21-25/h11,15-16,21-24,26,28,30,42H,5-10,12-14,17-20H2,1-4H3,(H,36,44)(H,38,43)/t26-,28?,30?/m0/s1. The maximum absolute atomic E-state index is 13.6. The van der Waals surface area contributed by atoms with Crippen molar-refractivity contribution in [1.82, 2.24) is 35.2 Å². The van der Waals surface area contributed by atoms with E-state index in [1.165, 1.54) is 19.3 Å². The summed E-state index contributed by atoms with van der Waals surface area (Å²) in [5, 5.41) is 26.5. The highest BCUT2D eigenvalue weighted by Gasteiger charge is 2.32. The van der Waals surface area contributed by atoms with Crippen LogP contribution >= 0.6 is 0 Å². The first kappa shape index (κ1) is 33.5. The van der Waals surface area contributed by atoms with E-state index in [1.54, 1.807) is 12.4 Å². The zero-order valence-electron chi connectivity index (χ0n) is 27.0. The number of fused-ring (bicyclic) bond motifs is 1. The van der Waals surface area contributed by atoms with Gasteiger partial charge in [-0.3, -0.25) is 19.0 Å². The third-order valence-electron chi connectivity index (χ3n) is 8.88. The minimum atomic E-state index is -0.835. The Hall–Kier alpha value is -3.40. The van der Waals surface area contributed by atoms with Crippen molar-refractivity contribution in [2.45, 2.75) is 117 Å². The molecule has 2 unspecified atom stereocenters. The minimum absolute atomic E-state index is 0.0161. The zero-order valence-corrected chi connectivity index (χ0v) is 27.0. The summed E-state index contributed by atoms with van der Waals surface area (Å²) in [6.07, 6.45) is 14.9. The average Bonchev–Trinajstić information content (AvgIpc) is 3.42. The number of carbonyl (C=O) groups excluding carboxylic acids is 2. The van der Waals surface area contributed by atoms with Gasteiger partial charge in [0.15, 0.2) is 5.65 Å². The van der Waals surface area contributed by atoms with Crippen LogP contribution in [0.15, 0.2) is 30.7 Å². The highest BCUT2D eigenvalue weighted by Crippen LogP contribution is 2.30. The lowest BCUT2D eigenvalue weighted by Crippen LogP contribution is -2.47. The normalized spacial score (nSPS) is 16.1. The van der Waals surface area contributed by atoms with Crippen LogP contribution in [-0.2, 0) is 22.4 Å². The Morgan fingerprint density at radius 1 is 1.11 bits per heavy atom. The van der Waals surface area contributed by atoms with Gasteiger partial charge in [-0.05, 0) is 49.7 Å². The second-order valence-electron chi connectivity index (χ2n) is 12.8. The van der Waals surface area contributed by atoms with E-state index in [4.69, 9.17) is 4.98 Å². The van der Waals surface area contributed by atoms with Crippen molar-refractivity contribution in [2.75, 3.05) is 6.54 Å². The van der Waals surface area contributed by atoms with Crippen LogP contribution < -0.4 is 10.6 Å². The van der Waals surface area contributed by atoms with Crippen molar-refractivity contribution in [2.24, 2.45) is 17.8 Å². The smallest absolute Gasteiger partial charge is 0.227 e. The predicted molar refractivity (Wildman–Crippen MR) is 172 cm³/mol. The molecule has 3 N–H and O–H groups in total. The van der Waals surface area contributed by atoms with Crippen LogP contribution in [0.25, 0.3) is 16.9 Å². The third-order valence-corrected chi connectivity index (χ3v) is 8.88. The van der Waals surface area contributed by atoms with Crippen molar-refractivity contribution in [3.05, 3.63) is 42.2 Å². The molecule has 0 radical (unpaired) electrons. The summed E-state index contributed by atoms with van der Waals surface area (Å²) in [5.41, 5.74) is 3.11. The molecule has 240 valence electrons. The van der Waals surface area contributed by atoms with Crippen LogP contribution in [0.5, 0.6) is 0 Å². The summed E-state index contributed by atoms with van der Waals surface area (Å²) in [7, 11) is 0. The average molecular weight is 606 g/mol. The summed E-state index contributed by atoms with van der Waals surface area (Å²) < 4.78 is 1.86. The van der Waals surface area contributed by atoms with Crippen LogP contribution in [0.4, 0.5) is 0 Å². The molecule has 44 heavy (non-hydrogen) atoms. The number of rotatable bonds is 16. The van der Waals surface area contributed by atoms with Crippen molar-refractivity contribution in [3.8, 4) is 11.3 Å². The summed E-state index contributed by atoms with van der Waals surface area (Å²) in [6, 6.07) is 3.38. The summed E-state index contributed by atoms with van der Waals surface area (Å²) in [5.74, 6) is 0.459. The van der Waals surface area contributed by atoms with Gasteiger partial charge >= 0.3 is 0 Å². The maximum atomic E-state index is 13.6. The number of carbonyl (C=O) groups is 2. The molecule has 0 saturated heterocycles. The molecule has 1 aliphatic rings. The van der Waals surface area contributed by atoms with Crippen molar-refractivity contribution in [3.63, 3.8) is 0 Å². The van der Waals surface area contributed by atoms with Gasteiger partial charge in [-0.15, -0.1) is 10.2 Å². The monoisotopic (exact) mass is 605 g/mol. The van der Waals surface area contributed by atoms with Crippen LogP contribution in [0, 0.1) is 17.8 Å². The molecule has 2 amide bonds. The van der Waals surface area contributed by atoms with Gasteiger partial charge in [-0.25, -0.2) is 4.98 Å². The Labute approximate surface area is 261 Å². The first-order valence-electron chi connectivity index (χ1n) is 16.7. The van der Waals surface area contributed by atoms with E-state index in [2.05, 4.69) is 39.7 Å². The van der Waals surface area contributed by atoms with Gasteiger partial charge in [-0.2, -0.15) is 0 Å². The van der Waals surface area contributed by atoms with Gasteiger partial charge < -0.3 is 15.7 Å². The van der Waals surface area contributed by atoms with E-state index >= 15 is 0 Å². The number of pyridine rings is 1.